The van der Waals surface area contributed by atoms with Crippen molar-refractivity contribution in [2.45, 2.75) is 12.6 Å². The van der Waals surface area contributed by atoms with Crippen LogP contribution in [-0.2, 0) is 6.54 Å². The topological polar surface area (TPSA) is 127 Å². The van der Waals surface area contributed by atoms with Gasteiger partial charge in [0.25, 0.3) is 5.56 Å². The van der Waals surface area contributed by atoms with E-state index in [1.165, 1.54) is 6.33 Å². The highest BCUT2D eigenvalue weighted by Gasteiger charge is 2.18. The highest BCUT2D eigenvalue weighted by Crippen LogP contribution is 2.11. The van der Waals surface area contributed by atoms with Crippen molar-refractivity contribution in [1.29, 1.82) is 0 Å². The fourth-order valence-corrected chi connectivity index (χ4v) is 2.84. The van der Waals surface area contributed by atoms with Gasteiger partial charge in [0.15, 0.2) is 5.52 Å². The molecule has 21 heavy (non-hydrogen) atoms. The number of aromatic nitrogens is 4. The van der Waals surface area contributed by atoms with E-state index in [4.69, 9.17) is 5.11 Å². The summed E-state index contributed by atoms with van der Waals surface area (Å²) in [7, 11) is 0. The summed E-state index contributed by atoms with van der Waals surface area (Å²) in [6.07, 6.45) is 2.55. The molecular weight excluding hydrogens is 294 g/mol. The van der Waals surface area contributed by atoms with Crippen LogP contribution in [0.3, 0.4) is 0 Å². The number of aromatic amines is 2. The molecule has 0 fully saturated rings. The van der Waals surface area contributed by atoms with Crippen LogP contribution in [-0.4, -0.2) is 61.6 Å². The van der Waals surface area contributed by atoms with Crippen molar-refractivity contribution in [3.63, 3.8) is 0 Å². The van der Waals surface area contributed by atoms with Crippen LogP contribution >= 0.6 is 11.8 Å². The molecule has 116 valence electrons. The molecule has 0 spiro atoms. The van der Waals surface area contributed by atoms with Gasteiger partial charge in [0.05, 0.1) is 24.7 Å². The van der Waals surface area contributed by atoms with Gasteiger partial charge in [-0.15, -0.1) is 0 Å². The number of fused-ring (bicyclic) bond motifs is 1. The number of aliphatic hydroxyl groups excluding tert-OH is 2. The van der Waals surface area contributed by atoms with E-state index in [-0.39, 0.29) is 23.6 Å². The number of rotatable bonds is 8. The molecule has 0 aliphatic rings. The van der Waals surface area contributed by atoms with Gasteiger partial charge in [0.1, 0.15) is 5.52 Å². The van der Waals surface area contributed by atoms with Crippen molar-refractivity contribution in [3.05, 3.63) is 22.4 Å². The molecule has 0 saturated carbocycles. The van der Waals surface area contributed by atoms with Crippen molar-refractivity contribution in [3.8, 4) is 0 Å². The summed E-state index contributed by atoms with van der Waals surface area (Å²) in [4.78, 5) is 18.1. The van der Waals surface area contributed by atoms with Gasteiger partial charge in [-0.2, -0.15) is 16.9 Å². The smallest absolute Gasteiger partial charge is 0.279 e. The van der Waals surface area contributed by atoms with Crippen LogP contribution in [0.1, 0.15) is 5.69 Å². The number of nitrogens with zero attached hydrogens (tertiary/aromatic N) is 2. The average molecular weight is 313 g/mol. The van der Waals surface area contributed by atoms with Crippen molar-refractivity contribution in [1.82, 2.24) is 25.5 Å². The number of aliphatic hydroxyl groups is 2. The monoisotopic (exact) mass is 313 g/mol. The molecule has 8 nitrogen and oxygen atoms in total. The Bertz CT molecular complexity index is 629. The fourth-order valence-electron chi connectivity index (χ4n) is 2.07. The summed E-state index contributed by atoms with van der Waals surface area (Å²) >= 11 is 1.62. The molecule has 2 rings (SSSR count). The summed E-state index contributed by atoms with van der Waals surface area (Å²) in [5.74, 6) is 0.701. The molecule has 0 aliphatic carbocycles. The lowest BCUT2D eigenvalue weighted by molar-refractivity contribution is 0.0549. The van der Waals surface area contributed by atoms with Gasteiger partial charge in [-0.05, 0) is 12.0 Å². The van der Waals surface area contributed by atoms with Crippen LogP contribution in [0.25, 0.3) is 11.0 Å². The molecule has 9 heteroatoms. The van der Waals surface area contributed by atoms with Gasteiger partial charge < -0.3 is 20.5 Å². The van der Waals surface area contributed by atoms with Gasteiger partial charge in [-0.25, -0.2) is 4.98 Å². The molecule has 2 aromatic rings. The number of hydrogen-bond acceptors (Lipinski definition) is 7. The number of nitrogens with one attached hydrogen (secondary N) is 3. The van der Waals surface area contributed by atoms with Gasteiger partial charge >= 0.3 is 0 Å². The third kappa shape index (κ3) is 3.82. The molecule has 0 unspecified atom stereocenters. The summed E-state index contributed by atoms with van der Waals surface area (Å²) in [5, 5.41) is 28.7. The Morgan fingerprint density at radius 3 is 3.00 bits per heavy atom. The summed E-state index contributed by atoms with van der Waals surface area (Å²) in [6.45, 7) is 0.749. The van der Waals surface area contributed by atoms with Crippen LogP contribution in [0, 0.1) is 5.92 Å². The van der Waals surface area contributed by atoms with E-state index in [9.17, 15) is 9.90 Å². The van der Waals surface area contributed by atoms with Gasteiger partial charge in [-0.1, -0.05) is 0 Å². The average Bonchev–Trinajstić information content (AvgIpc) is 2.90. The van der Waals surface area contributed by atoms with Gasteiger partial charge in [0, 0.05) is 19.0 Å². The molecule has 0 bridgehead atoms. The summed E-state index contributed by atoms with van der Waals surface area (Å²) < 4.78 is 0. The zero-order valence-corrected chi connectivity index (χ0v) is 12.5. The predicted octanol–water partition coefficient (Wildman–Crippen LogP) is -0.932. The van der Waals surface area contributed by atoms with Crippen LogP contribution in [0.4, 0.5) is 0 Å². The second-order valence-corrected chi connectivity index (χ2v) is 5.64. The first-order chi connectivity index (χ1) is 10.2. The lowest BCUT2D eigenvalue weighted by atomic mass is 10.1. The second kappa shape index (κ2) is 7.55. The Labute approximate surface area is 125 Å². The molecular formula is C12H19N5O3S. The molecule has 0 saturated heterocycles. The minimum Gasteiger partial charge on any atom is -0.394 e. The second-order valence-electron chi connectivity index (χ2n) is 4.73. The Morgan fingerprint density at radius 1 is 1.48 bits per heavy atom. The van der Waals surface area contributed by atoms with E-state index in [0.717, 1.165) is 11.4 Å². The summed E-state index contributed by atoms with van der Waals surface area (Å²) in [5.41, 5.74) is 1.26. The lowest BCUT2D eigenvalue weighted by Gasteiger charge is -2.20. The van der Waals surface area contributed by atoms with Gasteiger partial charge in [0.2, 0.25) is 0 Å². The molecule has 2 aromatic heterocycles. The van der Waals surface area contributed by atoms with E-state index >= 15 is 0 Å². The normalized spacial score (nSPS) is 14.4. The molecule has 2 atom stereocenters. The van der Waals surface area contributed by atoms with Crippen molar-refractivity contribution in [2.24, 2.45) is 5.92 Å². The fraction of sp³-hybridized carbons (Fsp3) is 0.583. The van der Waals surface area contributed by atoms with E-state index < -0.39 is 6.10 Å². The van der Waals surface area contributed by atoms with Crippen molar-refractivity contribution in [2.75, 3.05) is 25.2 Å². The van der Waals surface area contributed by atoms with Crippen LogP contribution in [0.5, 0.6) is 0 Å². The Kier molecular flexibility index (Phi) is 5.74. The molecule has 0 aromatic carbocycles. The quantitative estimate of drug-likeness (QED) is 0.426. The third-order valence-corrected chi connectivity index (χ3v) is 4.00. The molecule has 5 N–H and O–H groups in total. The maximum atomic E-state index is 11.5. The van der Waals surface area contributed by atoms with E-state index in [2.05, 4.69) is 25.5 Å². The third-order valence-electron chi connectivity index (χ3n) is 3.24. The number of H-pyrrole nitrogens is 2. The van der Waals surface area contributed by atoms with Crippen LogP contribution in [0.2, 0.25) is 0 Å². The first-order valence-electron chi connectivity index (χ1n) is 6.56. The van der Waals surface area contributed by atoms with Crippen LogP contribution < -0.4 is 10.9 Å². The zero-order chi connectivity index (χ0) is 15.2. The van der Waals surface area contributed by atoms with Gasteiger partial charge in [-0.3, -0.25) is 9.89 Å². The van der Waals surface area contributed by atoms with Crippen LogP contribution in [0.15, 0.2) is 11.1 Å². The Hall–Kier alpha value is -1.42. The predicted molar refractivity (Wildman–Crippen MR) is 81.2 cm³/mol. The zero-order valence-electron chi connectivity index (χ0n) is 11.7. The highest BCUT2D eigenvalue weighted by atomic mass is 32.2. The van der Waals surface area contributed by atoms with E-state index in [1.807, 2.05) is 6.26 Å². The number of hydrogen-bond donors (Lipinski definition) is 5. The Morgan fingerprint density at radius 2 is 2.29 bits per heavy atom. The lowest BCUT2D eigenvalue weighted by Crippen LogP contribution is -2.35. The largest absolute Gasteiger partial charge is 0.394 e. The molecule has 0 amide bonds. The first kappa shape index (κ1) is 16.0. The van der Waals surface area contributed by atoms with E-state index in [0.29, 0.717) is 18.6 Å². The first-order valence-corrected chi connectivity index (χ1v) is 7.96. The Balaban J connectivity index is 1.98. The molecule has 0 aliphatic heterocycles. The van der Waals surface area contributed by atoms with Crippen molar-refractivity contribution >= 4 is 22.8 Å². The standard InChI is InChI=1S/C12H19N5O3S/c1-21-5-7(9(19)4-18)2-13-3-8-10-11(17-16-8)12(20)15-6-14-10/h6-7,9,13,18-19H,2-5H2,1H3,(H,16,17)(H,14,15,20)/t7-,9-/m0/s1. The number of thioether (sulfide) groups is 1. The molecule has 2 heterocycles. The highest BCUT2D eigenvalue weighted by molar-refractivity contribution is 7.98. The minimum atomic E-state index is -0.746. The maximum Gasteiger partial charge on any atom is 0.279 e. The van der Waals surface area contributed by atoms with E-state index in [1.54, 1.807) is 11.8 Å². The molecule has 0 radical (unpaired) electrons. The maximum absolute atomic E-state index is 11.5. The minimum absolute atomic E-state index is 0.0458. The SMILES string of the molecule is CSC[C@H](CNCc1[nH]nc2c(=O)[nH]cnc12)[C@@H](O)CO. The van der Waals surface area contributed by atoms with Crippen molar-refractivity contribution < 1.29 is 10.2 Å². The summed E-state index contributed by atoms with van der Waals surface area (Å²) in [6, 6.07) is 0.